The highest BCUT2D eigenvalue weighted by molar-refractivity contribution is 14.2. The molecular formula is C7H6ClIO3. The molecule has 0 aromatic rings. The Hall–Kier alpha value is -0.360. The minimum atomic E-state index is -0.659. The van der Waals surface area contributed by atoms with Crippen molar-refractivity contribution >= 4 is 42.3 Å². The molecule has 5 heteroatoms. The van der Waals surface area contributed by atoms with Gasteiger partial charge in [-0.05, 0) is 30.8 Å². The Kier molecular flexibility index (Phi) is 3.28. The summed E-state index contributed by atoms with van der Waals surface area (Å²) in [7, 11) is 1.31. The second kappa shape index (κ2) is 4.04. The van der Waals surface area contributed by atoms with Crippen molar-refractivity contribution in [2.45, 2.75) is 0 Å². The Labute approximate surface area is 84.4 Å². The molecular weight excluding hydrogens is 294 g/mol. The van der Waals surface area contributed by atoms with Crippen LogP contribution in [0.15, 0.2) is 20.4 Å². The molecule has 1 heterocycles. The van der Waals surface area contributed by atoms with Gasteiger partial charge in [-0.3, -0.25) is 0 Å². The van der Waals surface area contributed by atoms with E-state index in [2.05, 4.69) is 4.74 Å². The summed E-state index contributed by atoms with van der Waals surface area (Å²) in [6.45, 7) is 0. The van der Waals surface area contributed by atoms with Crippen molar-refractivity contribution in [2.24, 2.45) is 0 Å². The monoisotopic (exact) mass is 300 g/mol. The first kappa shape index (κ1) is 9.73. The maximum atomic E-state index is 11.0. The van der Waals surface area contributed by atoms with E-state index < -0.39 is 26.7 Å². The molecule has 0 amide bonds. The van der Waals surface area contributed by atoms with E-state index in [-0.39, 0.29) is 8.80 Å². The first-order valence-electron chi connectivity index (χ1n) is 3.00. The topological polar surface area (TPSA) is 46.5 Å². The summed E-state index contributed by atoms with van der Waals surface area (Å²) in [5.41, 5.74) is 0.424. The molecule has 1 aliphatic rings. The first-order chi connectivity index (χ1) is 5.65. The molecule has 12 heavy (non-hydrogen) atoms. The summed E-state index contributed by atoms with van der Waals surface area (Å²) in [6.07, 6.45) is 1.41. The maximum absolute atomic E-state index is 11.0. The third-order valence-electron chi connectivity index (χ3n) is 1.18. The fourth-order valence-corrected chi connectivity index (χ4v) is 2.52. The molecule has 0 bridgehead atoms. The highest BCUT2D eigenvalue weighted by Crippen LogP contribution is 2.25. The van der Waals surface area contributed by atoms with Crippen molar-refractivity contribution in [3.05, 3.63) is 20.4 Å². The summed E-state index contributed by atoms with van der Waals surface area (Å²) in [4.78, 5) is 11.0. The van der Waals surface area contributed by atoms with Crippen molar-refractivity contribution in [3.8, 4) is 0 Å². The summed E-state index contributed by atoms with van der Waals surface area (Å²) >= 11 is 4.96. The molecule has 0 radical (unpaired) electrons. The van der Waals surface area contributed by atoms with Gasteiger partial charge in [0.05, 0.1) is 17.7 Å². The van der Waals surface area contributed by atoms with Crippen LogP contribution in [-0.4, -0.2) is 22.2 Å². The van der Waals surface area contributed by atoms with Crippen molar-refractivity contribution in [2.75, 3.05) is 7.11 Å². The molecule has 0 saturated heterocycles. The van der Waals surface area contributed by atoms with Crippen molar-refractivity contribution < 1.29 is 14.6 Å². The number of methoxy groups -OCH3 is 1. The smallest absolute Gasteiger partial charge is 0.338 e. The number of aliphatic hydroxyl groups is 1. The van der Waals surface area contributed by atoms with E-state index in [4.69, 9.17) is 16.7 Å². The number of aliphatic hydroxyl groups excluding tert-OH is 1. The molecule has 0 atom stereocenters. The third kappa shape index (κ3) is 2.07. The summed E-state index contributed by atoms with van der Waals surface area (Å²) in [5, 5.41) is 9.36. The zero-order valence-electron chi connectivity index (χ0n) is 6.17. The van der Waals surface area contributed by atoms with Crippen LogP contribution >= 0.6 is 32.3 Å². The van der Waals surface area contributed by atoms with Gasteiger partial charge in [-0.15, -0.1) is 0 Å². The minimum absolute atomic E-state index is 0.183. The van der Waals surface area contributed by atoms with Crippen molar-refractivity contribution in [3.63, 3.8) is 0 Å². The van der Waals surface area contributed by atoms with E-state index in [9.17, 15) is 4.79 Å². The Balaban J connectivity index is 2.94. The summed E-state index contributed by atoms with van der Waals surface area (Å²) in [5.74, 6) is -0.416. The third-order valence-corrected chi connectivity index (χ3v) is 3.94. The van der Waals surface area contributed by atoms with Gasteiger partial charge in [0.15, 0.2) is 3.77 Å². The number of ether oxygens (including phenoxy) is 1. The van der Waals surface area contributed by atoms with Gasteiger partial charge in [0, 0.05) is 0 Å². The van der Waals surface area contributed by atoms with Gasteiger partial charge in [0.25, 0.3) is 0 Å². The Bertz CT molecular complexity index is 304. The number of carbonyl (C=O) groups excluding carboxylic acids is 1. The number of hydrogen-bond donors (Lipinski definition) is 1. The highest BCUT2D eigenvalue weighted by Gasteiger charge is 2.12. The van der Waals surface area contributed by atoms with Gasteiger partial charge in [-0.1, -0.05) is 11.6 Å². The van der Waals surface area contributed by atoms with Crippen LogP contribution in [0.5, 0.6) is 0 Å². The molecule has 0 aromatic heterocycles. The molecule has 0 spiro atoms. The van der Waals surface area contributed by atoms with Gasteiger partial charge in [0.1, 0.15) is 0 Å². The minimum Gasteiger partial charge on any atom is -0.502 e. The molecule has 0 aromatic carbocycles. The number of allylic oxidation sites excluding steroid dienone is 2. The zero-order valence-corrected chi connectivity index (χ0v) is 9.09. The molecule has 3 nitrogen and oxygen atoms in total. The van der Waals surface area contributed by atoms with E-state index in [0.717, 1.165) is 0 Å². The van der Waals surface area contributed by atoms with Crippen LogP contribution in [-0.2, 0) is 9.53 Å². The molecule has 0 fully saturated rings. The lowest BCUT2D eigenvalue weighted by molar-refractivity contribution is -0.135. The number of halogens is 2. The van der Waals surface area contributed by atoms with Crippen molar-refractivity contribution in [1.29, 1.82) is 0 Å². The summed E-state index contributed by atoms with van der Waals surface area (Å²) in [6, 6.07) is 0. The normalized spacial score (nSPS) is 16.7. The van der Waals surface area contributed by atoms with Crippen LogP contribution in [0.4, 0.5) is 0 Å². The SMILES string of the molecule is COC(=O)C1=CC(Cl)=C(O)I=C1. The van der Waals surface area contributed by atoms with Gasteiger partial charge < -0.3 is 9.84 Å². The molecule has 0 unspecified atom stereocenters. The van der Waals surface area contributed by atoms with Crippen LogP contribution in [0, 0.1) is 0 Å². The Morgan fingerprint density at radius 1 is 1.75 bits per heavy atom. The van der Waals surface area contributed by atoms with E-state index in [1.54, 1.807) is 4.01 Å². The standard InChI is InChI=1S/C7H6ClIO3/c1-12-7(11)4-2-5(8)6(10)9-3-4/h2-3,10H,1H3. The van der Waals surface area contributed by atoms with E-state index in [0.29, 0.717) is 5.57 Å². The highest BCUT2D eigenvalue weighted by atomic mass is 127. The molecule has 0 saturated carbocycles. The van der Waals surface area contributed by atoms with E-state index in [1.165, 1.54) is 13.2 Å². The van der Waals surface area contributed by atoms with E-state index in [1.807, 2.05) is 0 Å². The molecule has 66 valence electrons. The number of carbonyl (C=O) groups is 1. The van der Waals surface area contributed by atoms with E-state index >= 15 is 0 Å². The van der Waals surface area contributed by atoms with Gasteiger partial charge >= 0.3 is 5.97 Å². The Morgan fingerprint density at radius 2 is 2.42 bits per heavy atom. The maximum Gasteiger partial charge on any atom is 0.338 e. The largest absolute Gasteiger partial charge is 0.502 e. The Morgan fingerprint density at radius 3 is 2.92 bits per heavy atom. The predicted molar refractivity (Wildman–Crippen MR) is 55.7 cm³/mol. The molecule has 1 N–H and O–H groups in total. The average molecular weight is 300 g/mol. The van der Waals surface area contributed by atoms with Crippen LogP contribution in [0.2, 0.25) is 0 Å². The van der Waals surface area contributed by atoms with Gasteiger partial charge in [0.2, 0.25) is 0 Å². The lowest BCUT2D eigenvalue weighted by Gasteiger charge is -2.03. The quantitative estimate of drug-likeness (QED) is 0.594. The number of hydrogen-bond acceptors (Lipinski definition) is 3. The second-order valence-corrected chi connectivity index (χ2v) is 4.62. The lowest BCUT2D eigenvalue weighted by Crippen LogP contribution is -2.06. The van der Waals surface area contributed by atoms with Crippen LogP contribution < -0.4 is 0 Å². The zero-order chi connectivity index (χ0) is 9.14. The van der Waals surface area contributed by atoms with Gasteiger partial charge in [-0.2, -0.15) is 0 Å². The van der Waals surface area contributed by atoms with Crippen LogP contribution in [0.3, 0.4) is 0 Å². The summed E-state index contributed by atoms with van der Waals surface area (Å²) < 4.78 is 6.35. The average Bonchev–Trinajstić information content (AvgIpc) is 2.08. The molecule has 0 aliphatic carbocycles. The molecule has 1 rings (SSSR count). The fraction of sp³-hybridized carbons (Fsp3) is 0.143. The first-order valence-corrected chi connectivity index (χ1v) is 5.70. The van der Waals surface area contributed by atoms with Crippen LogP contribution in [0.25, 0.3) is 0 Å². The van der Waals surface area contributed by atoms with Gasteiger partial charge in [-0.25, -0.2) is 4.79 Å². The second-order valence-electron chi connectivity index (χ2n) is 1.95. The lowest BCUT2D eigenvalue weighted by atomic mass is 10.3. The number of esters is 1. The molecule has 1 aliphatic heterocycles. The number of rotatable bonds is 1. The van der Waals surface area contributed by atoms with Crippen LogP contribution in [0.1, 0.15) is 0 Å². The van der Waals surface area contributed by atoms with Crippen molar-refractivity contribution in [1.82, 2.24) is 0 Å². The fourth-order valence-electron chi connectivity index (χ4n) is 0.611. The predicted octanol–water partition coefficient (Wildman–Crippen LogP) is 1.84.